The summed E-state index contributed by atoms with van der Waals surface area (Å²) in [5, 5.41) is 26.9. The van der Waals surface area contributed by atoms with Crippen molar-refractivity contribution in [2.45, 2.75) is 18.9 Å². The number of carbonyl (C=O) groups is 2. The molecule has 6 nitrogen and oxygen atoms in total. The minimum atomic E-state index is -1.07. The van der Waals surface area contributed by atoms with Crippen LogP contribution in [0.5, 0.6) is 0 Å². The van der Waals surface area contributed by atoms with Crippen LogP contribution in [0, 0.1) is 5.92 Å². The number of rotatable bonds is 4. The van der Waals surface area contributed by atoms with Gasteiger partial charge in [-0.3, -0.25) is 9.59 Å². The van der Waals surface area contributed by atoms with Gasteiger partial charge in [0, 0.05) is 13.0 Å². The van der Waals surface area contributed by atoms with Crippen LogP contribution in [0.1, 0.15) is 13.3 Å². The molecule has 1 unspecified atom stereocenters. The molecule has 3 N–H and O–H groups in total. The maximum absolute atomic E-state index is 11.5. The number of likely N-dealkylation sites (tertiary alicyclic amines) is 1. The zero-order valence-corrected chi connectivity index (χ0v) is 8.51. The van der Waals surface area contributed by atoms with E-state index in [9.17, 15) is 9.59 Å². The number of carboxylic acid groups (broad SMARTS) is 1. The maximum Gasteiger partial charge on any atom is 0.308 e. The molecule has 0 saturated carbocycles. The fourth-order valence-corrected chi connectivity index (χ4v) is 1.62. The van der Waals surface area contributed by atoms with Crippen molar-refractivity contribution in [3.8, 4) is 0 Å². The highest BCUT2D eigenvalue weighted by molar-refractivity contribution is 5.86. The molecule has 1 saturated heterocycles. The van der Waals surface area contributed by atoms with Crippen molar-refractivity contribution in [3.63, 3.8) is 0 Å². The van der Waals surface area contributed by atoms with Crippen molar-refractivity contribution in [2.75, 3.05) is 19.8 Å². The molecule has 1 rings (SSSR count). The largest absolute Gasteiger partial charge is 0.481 e. The van der Waals surface area contributed by atoms with E-state index in [0.717, 1.165) is 0 Å². The summed E-state index contributed by atoms with van der Waals surface area (Å²) in [5.41, 5.74) is -1.07. The molecule has 1 atom stereocenters. The Bertz CT molecular complexity index is 274. The highest BCUT2D eigenvalue weighted by Gasteiger charge is 2.43. The van der Waals surface area contributed by atoms with E-state index < -0.39 is 17.4 Å². The topological polar surface area (TPSA) is 98.1 Å². The van der Waals surface area contributed by atoms with E-state index in [2.05, 4.69) is 0 Å². The first-order chi connectivity index (χ1) is 6.94. The third kappa shape index (κ3) is 2.10. The molecule has 0 aromatic heterocycles. The van der Waals surface area contributed by atoms with Crippen LogP contribution < -0.4 is 0 Å². The number of hydrogen-bond donors (Lipinski definition) is 3. The Hall–Kier alpha value is -1.14. The normalized spacial score (nSPS) is 22.2. The van der Waals surface area contributed by atoms with E-state index in [0.29, 0.717) is 0 Å². The van der Waals surface area contributed by atoms with Crippen LogP contribution in [0.4, 0.5) is 0 Å². The van der Waals surface area contributed by atoms with Gasteiger partial charge in [-0.1, -0.05) is 0 Å². The fraction of sp³-hybridized carbons (Fsp3) is 0.778. The minimum absolute atomic E-state index is 0.0474. The number of amides is 1. The van der Waals surface area contributed by atoms with Crippen molar-refractivity contribution < 1.29 is 24.9 Å². The molecular formula is C9H15NO5. The van der Waals surface area contributed by atoms with E-state index >= 15 is 0 Å². The molecule has 0 bridgehead atoms. The molecule has 0 spiro atoms. The van der Waals surface area contributed by atoms with E-state index in [1.54, 1.807) is 0 Å². The van der Waals surface area contributed by atoms with Crippen LogP contribution in [0.15, 0.2) is 0 Å². The van der Waals surface area contributed by atoms with Crippen LogP contribution in [-0.2, 0) is 9.59 Å². The maximum atomic E-state index is 11.5. The van der Waals surface area contributed by atoms with Crippen molar-refractivity contribution in [1.29, 1.82) is 0 Å². The molecule has 6 heteroatoms. The van der Waals surface area contributed by atoms with Crippen molar-refractivity contribution >= 4 is 11.9 Å². The standard InChI is InChI=1S/C9H15NO5/c1-9(4-11,5-12)10-3-6(8(14)15)2-7(10)13/h6,11-12H,2-5H2,1H3,(H,14,15). The predicted molar refractivity (Wildman–Crippen MR) is 50.0 cm³/mol. The first-order valence-electron chi connectivity index (χ1n) is 4.69. The average molecular weight is 217 g/mol. The summed E-state index contributed by atoms with van der Waals surface area (Å²) in [7, 11) is 0. The third-order valence-corrected chi connectivity index (χ3v) is 2.81. The lowest BCUT2D eigenvalue weighted by molar-refractivity contribution is -0.141. The van der Waals surface area contributed by atoms with E-state index in [1.807, 2.05) is 0 Å². The highest BCUT2D eigenvalue weighted by atomic mass is 16.4. The molecule has 86 valence electrons. The van der Waals surface area contributed by atoms with Crippen molar-refractivity contribution in [1.82, 2.24) is 4.90 Å². The Morgan fingerprint density at radius 3 is 2.40 bits per heavy atom. The summed E-state index contributed by atoms with van der Waals surface area (Å²) in [5.74, 6) is -2.10. The lowest BCUT2D eigenvalue weighted by Crippen LogP contribution is -2.53. The van der Waals surface area contributed by atoms with Gasteiger partial charge in [-0.2, -0.15) is 0 Å². The smallest absolute Gasteiger partial charge is 0.308 e. The Kier molecular flexibility index (Phi) is 3.31. The first kappa shape index (κ1) is 11.9. The lowest BCUT2D eigenvalue weighted by Gasteiger charge is -2.35. The lowest BCUT2D eigenvalue weighted by atomic mass is 10.0. The Morgan fingerprint density at radius 1 is 1.53 bits per heavy atom. The molecule has 1 aliphatic rings. The van der Waals surface area contributed by atoms with Crippen LogP contribution in [-0.4, -0.2) is 57.4 Å². The molecule has 0 aliphatic carbocycles. The number of aliphatic hydroxyl groups is 2. The van der Waals surface area contributed by atoms with E-state index in [-0.39, 0.29) is 32.1 Å². The van der Waals surface area contributed by atoms with Crippen LogP contribution >= 0.6 is 0 Å². The first-order valence-corrected chi connectivity index (χ1v) is 4.69. The summed E-state index contributed by atoms with van der Waals surface area (Å²) in [6.45, 7) is 0.796. The number of nitrogens with zero attached hydrogens (tertiary/aromatic N) is 1. The van der Waals surface area contributed by atoms with E-state index in [1.165, 1.54) is 11.8 Å². The van der Waals surface area contributed by atoms with Crippen molar-refractivity contribution in [2.24, 2.45) is 5.92 Å². The number of hydrogen-bond acceptors (Lipinski definition) is 4. The number of carboxylic acids is 1. The van der Waals surface area contributed by atoms with Gasteiger partial charge in [-0.15, -0.1) is 0 Å². The molecular weight excluding hydrogens is 202 g/mol. The molecule has 15 heavy (non-hydrogen) atoms. The number of carbonyl (C=O) groups excluding carboxylic acids is 1. The number of aliphatic carboxylic acids is 1. The molecule has 1 heterocycles. The predicted octanol–water partition coefficient (Wildman–Crippen LogP) is -1.34. The van der Waals surface area contributed by atoms with Gasteiger partial charge in [0.15, 0.2) is 0 Å². The molecule has 0 aromatic rings. The Balaban J connectivity index is 2.80. The zero-order chi connectivity index (χ0) is 11.6. The summed E-state index contributed by atoms with van der Waals surface area (Å²) >= 11 is 0. The second-order valence-electron chi connectivity index (χ2n) is 4.06. The quantitative estimate of drug-likeness (QED) is 0.541. The van der Waals surface area contributed by atoms with Crippen LogP contribution in [0.2, 0.25) is 0 Å². The van der Waals surface area contributed by atoms with Crippen molar-refractivity contribution in [3.05, 3.63) is 0 Å². The van der Waals surface area contributed by atoms with Gasteiger partial charge in [-0.05, 0) is 6.92 Å². The van der Waals surface area contributed by atoms with Gasteiger partial charge >= 0.3 is 5.97 Å². The fourth-order valence-electron chi connectivity index (χ4n) is 1.62. The molecule has 1 amide bonds. The second kappa shape index (κ2) is 4.16. The Morgan fingerprint density at radius 2 is 2.07 bits per heavy atom. The highest BCUT2D eigenvalue weighted by Crippen LogP contribution is 2.25. The SMILES string of the molecule is CC(CO)(CO)N1CC(C(=O)O)CC1=O. The summed E-state index contributed by atoms with van der Waals surface area (Å²) in [6.07, 6.45) is -0.0646. The summed E-state index contributed by atoms with van der Waals surface area (Å²) < 4.78 is 0. The average Bonchev–Trinajstić information content (AvgIpc) is 2.60. The Labute approximate surface area is 87.1 Å². The summed E-state index contributed by atoms with van der Waals surface area (Å²) in [4.78, 5) is 23.4. The van der Waals surface area contributed by atoms with E-state index in [4.69, 9.17) is 15.3 Å². The molecule has 0 radical (unpaired) electrons. The van der Waals surface area contributed by atoms with Gasteiger partial charge in [0.05, 0.1) is 24.7 Å². The molecule has 1 fully saturated rings. The monoisotopic (exact) mass is 217 g/mol. The van der Waals surface area contributed by atoms with Gasteiger partial charge in [-0.25, -0.2) is 0 Å². The molecule has 1 aliphatic heterocycles. The van der Waals surface area contributed by atoms with Crippen LogP contribution in [0.25, 0.3) is 0 Å². The van der Waals surface area contributed by atoms with Gasteiger partial charge in [0.1, 0.15) is 0 Å². The zero-order valence-electron chi connectivity index (χ0n) is 8.51. The van der Waals surface area contributed by atoms with Gasteiger partial charge in [0.25, 0.3) is 0 Å². The summed E-state index contributed by atoms with van der Waals surface area (Å²) in [6, 6.07) is 0. The minimum Gasteiger partial charge on any atom is -0.481 e. The molecule has 0 aromatic carbocycles. The van der Waals surface area contributed by atoms with Gasteiger partial charge < -0.3 is 20.2 Å². The van der Waals surface area contributed by atoms with Crippen LogP contribution in [0.3, 0.4) is 0 Å². The third-order valence-electron chi connectivity index (χ3n) is 2.81. The number of aliphatic hydroxyl groups excluding tert-OH is 2. The van der Waals surface area contributed by atoms with Gasteiger partial charge in [0.2, 0.25) is 5.91 Å². The second-order valence-corrected chi connectivity index (χ2v) is 4.06.